The number of hydrogen-bond acceptors (Lipinski definition) is 6. The van der Waals surface area contributed by atoms with Crippen LogP contribution in [0.3, 0.4) is 0 Å². The van der Waals surface area contributed by atoms with Crippen molar-refractivity contribution in [1.82, 2.24) is 0 Å². The van der Waals surface area contributed by atoms with Gasteiger partial charge in [-0.2, -0.15) is 0 Å². The quantitative estimate of drug-likeness (QED) is 0.163. The van der Waals surface area contributed by atoms with Crippen LogP contribution in [0, 0.1) is 34.9 Å². The zero-order valence-corrected chi connectivity index (χ0v) is 17.8. The summed E-state index contributed by atoms with van der Waals surface area (Å²) in [6.07, 6.45) is -11.3. The van der Waals surface area contributed by atoms with Crippen LogP contribution in [0.15, 0.2) is 41.6 Å². The predicted molar refractivity (Wildman–Crippen MR) is 109 cm³/mol. The molecule has 5 atom stereocenters. The van der Waals surface area contributed by atoms with Gasteiger partial charge >= 0.3 is 0 Å². The highest BCUT2D eigenvalue weighted by molar-refractivity contribution is 5.29. The second kappa shape index (κ2) is 12.3. The topological polar surface area (TPSA) is 121 Å². The maximum Gasteiger partial charge on any atom is 0.162 e. The van der Waals surface area contributed by atoms with Gasteiger partial charge in [0.25, 0.3) is 0 Å². The molecular formula is C23H22F6O6. The predicted octanol–water partition coefficient (Wildman–Crippen LogP) is 1.18. The number of aliphatic hydroxyl groups excluding tert-OH is 6. The van der Waals surface area contributed by atoms with Gasteiger partial charge in [-0.05, 0) is 29.3 Å². The number of rotatable bonds is 10. The largest absolute Gasteiger partial charge is 0.394 e. The van der Waals surface area contributed by atoms with Gasteiger partial charge in [0, 0.05) is 30.5 Å². The smallest absolute Gasteiger partial charge is 0.162 e. The summed E-state index contributed by atoms with van der Waals surface area (Å²) in [6.45, 7) is -1.02. The number of hydrogen-bond donors (Lipinski definition) is 6. The van der Waals surface area contributed by atoms with Gasteiger partial charge in [0.15, 0.2) is 23.3 Å². The summed E-state index contributed by atoms with van der Waals surface area (Å²) in [6, 6.07) is 1.79. The maximum atomic E-state index is 14.2. The zero-order chi connectivity index (χ0) is 26.4. The average molecular weight is 508 g/mol. The molecule has 0 amide bonds. The average Bonchev–Trinajstić information content (AvgIpc) is 2.81. The molecule has 6 nitrogen and oxygen atoms in total. The van der Waals surface area contributed by atoms with E-state index in [0.717, 1.165) is 6.08 Å². The lowest BCUT2D eigenvalue weighted by atomic mass is 9.91. The van der Waals surface area contributed by atoms with Crippen LogP contribution in [0.25, 0.3) is 0 Å². The summed E-state index contributed by atoms with van der Waals surface area (Å²) in [5.74, 6) is -8.23. The highest BCUT2D eigenvalue weighted by atomic mass is 19.2. The minimum absolute atomic E-state index is 0.251. The van der Waals surface area contributed by atoms with E-state index >= 15 is 0 Å². The van der Waals surface area contributed by atoms with Crippen molar-refractivity contribution in [1.29, 1.82) is 0 Å². The minimum atomic E-state index is -2.30. The van der Waals surface area contributed by atoms with Crippen LogP contribution in [0.2, 0.25) is 0 Å². The molecule has 0 aliphatic heterocycles. The Hall–Kier alpha value is -2.70. The van der Waals surface area contributed by atoms with Crippen LogP contribution < -0.4 is 0 Å². The van der Waals surface area contributed by atoms with Gasteiger partial charge in [-0.25, -0.2) is 26.3 Å². The third kappa shape index (κ3) is 7.15. The van der Waals surface area contributed by atoms with E-state index < -0.39 is 102 Å². The van der Waals surface area contributed by atoms with Gasteiger partial charge in [-0.1, -0.05) is 0 Å². The highest BCUT2D eigenvalue weighted by Crippen LogP contribution is 2.22. The van der Waals surface area contributed by atoms with Crippen molar-refractivity contribution in [3.63, 3.8) is 0 Å². The molecule has 12 heteroatoms. The Bertz CT molecular complexity index is 1100. The summed E-state index contributed by atoms with van der Waals surface area (Å²) in [5.41, 5.74) is 0.650. The number of benzene rings is 2. The Kier molecular flexibility index (Phi) is 10.0. The van der Waals surface area contributed by atoms with E-state index in [1.165, 1.54) is 0 Å². The Morgan fingerprint density at radius 1 is 0.743 bits per heavy atom. The van der Waals surface area contributed by atoms with Gasteiger partial charge in [0.05, 0.1) is 6.61 Å². The Morgan fingerprint density at radius 3 is 1.80 bits per heavy atom. The molecule has 0 aliphatic rings. The SMILES string of the molecule is OC[C@H](O)[C@@H](O)[C@H](O)[C@H](O)C(O)C(=C=CCc1cc(F)cc(F)c1F)Cc1cc(F)cc(F)c1F. The summed E-state index contributed by atoms with van der Waals surface area (Å²) in [7, 11) is 0. The van der Waals surface area contributed by atoms with E-state index in [1.807, 2.05) is 0 Å². The molecule has 0 bridgehead atoms. The normalized spacial score (nSPS) is 15.7. The Balaban J connectivity index is 2.47. The second-order valence-corrected chi connectivity index (χ2v) is 7.64. The van der Waals surface area contributed by atoms with Crippen molar-refractivity contribution in [2.45, 2.75) is 43.4 Å². The van der Waals surface area contributed by atoms with Crippen LogP contribution in [0.5, 0.6) is 0 Å². The molecule has 6 N–H and O–H groups in total. The molecule has 192 valence electrons. The van der Waals surface area contributed by atoms with Crippen LogP contribution in [0.1, 0.15) is 11.1 Å². The third-order valence-electron chi connectivity index (χ3n) is 5.09. The van der Waals surface area contributed by atoms with E-state index in [9.17, 15) is 51.9 Å². The van der Waals surface area contributed by atoms with E-state index in [-0.39, 0.29) is 6.07 Å². The van der Waals surface area contributed by atoms with E-state index in [2.05, 4.69) is 5.73 Å². The van der Waals surface area contributed by atoms with Crippen LogP contribution in [-0.2, 0) is 12.8 Å². The molecule has 1 unspecified atom stereocenters. The van der Waals surface area contributed by atoms with E-state index in [4.69, 9.17) is 5.11 Å². The van der Waals surface area contributed by atoms with Crippen molar-refractivity contribution in [3.8, 4) is 0 Å². The first-order valence-electron chi connectivity index (χ1n) is 10.1. The molecular weight excluding hydrogens is 486 g/mol. The first-order chi connectivity index (χ1) is 16.4. The highest BCUT2D eigenvalue weighted by Gasteiger charge is 2.35. The molecule has 0 saturated carbocycles. The number of halogens is 6. The molecule has 35 heavy (non-hydrogen) atoms. The fourth-order valence-corrected chi connectivity index (χ4v) is 3.16. The van der Waals surface area contributed by atoms with Gasteiger partial charge in [0.1, 0.15) is 42.2 Å². The molecule has 2 rings (SSSR count). The van der Waals surface area contributed by atoms with Crippen molar-refractivity contribution >= 4 is 0 Å². The first-order valence-corrected chi connectivity index (χ1v) is 10.1. The van der Waals surface area contributed by atoms with Crippen LogP contribution >= 0.6 is 0 Å². The Labute approximate surface area is 195 Å². The molecule has 2 aromatic carbocycles. The lowest BCUT2D eigenvalue weighted by Gasteiger charge is -2.29. The zero-order valence-electron chi connectivity index (χ0n) is 17.8. The fraction of sp³-hybridized carbons (Fsp3) is 0.348. The standard InChI is InChI=1S/C23H22F6O6/c24-13-5-10(18(28)15(26)7-13)2-1-3-11(4-12-6-14(25)8-16(27)19(12)29)20(32)22(34)23(35)21(33)17(31)9-30/h1,5-8,17,20-23,30-35H,2,4,9H2/t3?,17-,20?,21+,22+,23-/m0/s1. The third-order valence-corrected chi connectivity index (χ3v) is 5.09. The van der Waals surface area contributed by atoms with Crippen LogP contribution in [-0.4, -0.2) is 67.8 Å². The molecule has 0 radical (unpaired) electrons. The van der Waals surface area contributed by atoms with Crippen molar-refractivity contribution in [3.05, 3.63) is 87.7 Å². The number of aliphatic hydroxyl groups is 6. The van der Waals surface area contributed by atoms with Crippen molar-refractivity contribution in [2.24, 2.45) is 0 Å². The van der Waals surface area contributed by atoms with Gasteiger partial charge in [-0.15, -0.1) is 5.73 Å². The lowest BCUT2D eigenvalue weighted by Crippen LogP contribution is -2.50. The van der Waals surface area contributed by atoms with Crippen LogP contribution in [0.4, 0.5) is 26.3 Å². The molecule has 0 aromatic heterocycles. The summed E-state index contributed by atoms with van der Waals surface area (Å²) >= 11 is 0. The first kappa shape index (κ1) is 28.5. The van der Waals surface area contributed by atoms with E-state index in [0.29, 0.717) is 18.2 Å². The lowest BCUT2D eigenvalue weighted by molar-refractivity contribution is -0.134. The van der Waals surface area contributed by atoms with Crippen molar-refractivity contribution < 1.29 is 57.0 Å². The van der Waals surface area contributed by atoms with Gasteiger partial charge < -0.3 is 30.6 Å². The summed E-state index contributed by atoms with van der Waals surface area (Å²) < 4.78 is 82.0. The molecule has 0 saturated heterocycles. The summed E-state index contributed by atoms with van der Waals surface area (Å²) in [5, 5.41) is 58.8. The minimum Gasteiger partial charge on any atom is -0.394 e. The molecule has 0 fully saturated rings. The maximum absolute atomic E-state index is 14.2. The van der Waals surface area contributed by atoms with Gasteiger partial charge in [0.2, 0.25) is 0 Å². The molecule has 2 aromatic rings. The molecule has 0 spiro atoms. The molecule has 0 heterocycles. The fourth-order valence-electron chi connectivity index (χ4n) is 3.16. The summed E-state index contributed by atoms with van der Waals surface area (Å²) in [4.78, 5) is 0. The monoisotopic (exact) mass is 508 g/mol. The van der Waals surface area contributed by atoms with Crippen molar-refractivity contribution in [2.75, 3.05) is 6.61 Å². The van der Waals surface area contributed by atoms with Gasteiger partial charge in [-0.3, -0.25) is 0 Å². The second-order valence-electron chi connectivity index (χ2n) is 7.64. The molecule has 0 aliphatic carbocycles. The Morgan fingerprint density at radius 2 is 1.26 bits per heavy atom. The van der Waals surface area contributed by atoms with E-state index in [1.54, 1.807) is 0 Å².